The normalized spacial score (nSPS) is 31.9. The average molecular weight is 306 g/mol. The SMILES string of the molecule is CC(C)N(CC1CCCNC1)C1CCC(C(F)(F)F)CC1. The molecule has 1 aliphatic carbocycles. The third-order valence-electron chi connectivity index (χ3n) is 5.16. The molecule has 1 atom stereocenters. The molecule has 1 unspecified atom stereocenters. The molecule has 21 heavy (non-hydrogen) atoms. The van der Waals surface area contributed by atoms with Gasteiger partial charge in [0.25, 0.3) is 0 Å². The molecule has 5 heteroatoms. The van der Waals surface area contributed by atoms with Crippen LogP contribution in [0, 0.1) is 11.8 Å². The average Bonchev–Trinajstić information content (AvgIpc) is 2.45. The molecule has 0 bridgehead atoms. The number of piperidine rings is 1. The Morgan fingerprint density at radius 1 is 1.10 bits per heavy atom. The van der Waals surface area contributed by atoms with Gasteiger partial charge >= 0.3 is 6.18 Å². The second-order valence-electron chi connectivity index (χ2n) is 7.05. The first-order chi connectivity index (χ1) is 9.88. The van der Waals surface area contributed by atoms with E-state index in [-0.39, 0.29) is 0 Å². The summed E-state index contributed by atoms with van der Waals surface area (Å²) in [4.78, 5) is 2.46. The van der Waals surface area contributed by atoms with Crippen molar-refractivity contribution in [3.05, 3.63) is 0 Å². The summed E-state index contributed by atoms with van der Waals surface area (Å²) in [7, 11) is 0. The van der Waals surface area contributed by atoms with E-state index in [2.05, 4.69) is 24.1 Å². The Balaban J connectivity index is 1.87. The van der Waals surface area contributed by atoms with Crippen LogP contribution in [-0.2, 0) is 0 Å². The van der Waals surface area contributed by atoms with Gasteiger partial charge in [-0.15, -0.1) is 0 Å². The van der Waals surface area contributed by atoms with E-state index in [0.29, 0.717) is 43.7 Å². The Labute approximate surface area is 126 Å². The van der Waals surface area contributed by atoms with Crippen LogP contribution in [0.3, 0.4) is 0 Å². The Hall–Kier alpha value is -0.290. The summed E-state index contributed by atoms with van der Waals surface area (Å²) >= 11 is 0. The largest absolute Gasteiger partial charge is 0.391 e. The maximum absolute atomic E-state index is 12.8. The molecule has 0 aromatic heterocycles. The van der Waals surface area contributed by atoms with Gasteiger partial charge in [-0.1, -0.05) is 0 Å². The van der Waals surface area contributed by atoms with Crippen molar-refractivity contribution >= 4 is 0 Å². The molecule has 0 radical (unpaired) electrons. The lowest BCUT2D eigenvalue weighted by Gasteiger charge is -2.42. The zero-order chi connectivity index (χ0) is 15.5. The molecule has 1 aliphatic heterocycles. The van der Waals surface area contributed by atoms with Crippen LogP contribution in [0.2, 0.25) is 0 Å². The Morgan fingerprint density at radius 2 is 1.76 bits per heavy atom. The standard InChI is InChI=1S/C16H29F3N2/c1-12(2)21(11-13-4-3-9-20-10-13)15-7-5-14(6-8-15)16(17,18)19/h12-15,20H,3-11H2,1-2H3. The van der Waals surface area contributed by atoms with Gasteiger partial charge in [-0.3, -0.25) is 4.90 Å². The highest BCUT2D eigenvalue weighted by molar-refractivity contribution is 4.85. The number of alkyl halides is 3. The summed E-state index contributed by atoms with van der Waals surface area (Å²) in [5.74, 6) is -0.416. The number of rotatable bonds is 4. The van der Waals surface area contributed by atoms with Gasteiger partial charge in [0.2, 0.25) is 0 Å². The number of hydrogen-bond acceptors (Lipinski definition) is 2. The molecule has 0 spiro atoms. The summed E-state index contributed by atoms with van der Waals surface area (Å²) < 4.78 is 38.3. The summed E-state index contributed by atoms with van der Waals surface area (Å²) in [6.45, 7) is 7.54. The summed E-state index contributed by atoms with van der Waals surface area (Å²) in [6, 6.07) is 0.755. The Bertz CT molecular complexity index is 303. The van der Waals surface area contributed by atoms with Gasteiger partial charge in [-0.25, -0.2) is 0 Å². The molecule has 0 amide bonds. The predicted octanol–water partition coefficient (Wildman–Crippen LogP) is 3.82. The van der Waals surface area contributed by atoms with E-state index in [1.807, 2.05) is 0 Å². The molecule has 2 fully saturated rings. The highest BCUT2D eigenvalue weighted by Gasteiger charge is 2.42. The number of nitrogens with one attached hydrogen (secondary N) is 1. The Kier molecular flexibility index (Phi) is 5.95. The summed E-state index contributed by atoms with van der Waals surface area (Å²) in [5, 5.41) is 3.43. The molecular formula is C16H29F3N2. The molecule has 2 nitrogen and oxygen atoms in total. The minimum Gasteiger partial charge on any atom is -0.316 e. The van der Waals surface area contributed by atoms with Crippen molar-refractivity contribution in [3.63, 3.8) is 0 Å². The number of halogens is 3. The van der Waals surface area contributed by atoms with Crippen molar-refractivity contribution in [2.24, 2.45) is 11.8 Å². The first-order valence-corrected chi connectivity index (χ1v) is 8.41. The van der Waals surface area contributed by atoms with E-state index in [1.54, 1.807) is 0 Å². The maximum Gasteiger partial charge on any atom is 0.391 e. The van der Waals surface area contributed by atoms with Crippen molar-refractivity contribution in [2.45, 2.75) is 70.6 Å². The molecule has 0 aromatic carbocycles. The van der Waals surface area contributed by atoms with E-state index in [9.17, 15) is 13.2 Å². The Morgan fingerprint density at radius 3 is 2.24 bits per heavy atom. The summed E-state index contributed by atoms with van der Waals surface area (Å²) in [6.07, 6.45) is 0.470. The van der Waals surface area contributed by atoms with Gasteiger partial charge in [0, 0.05) is 18.6 Å². The fourth-order valence-electron chi connectivity index (χ4n) is 3.89. The van der Waals surface area contributed by atoms with Gasteiger partial charge < -0.3 is 5.32 Å². The molecule has 2 rings (SSSR count). The van der Waals surface area contributed by atoms with Gasteiger partial charge in [0.05, 0.1) is 5.92 Å². The third-order valence-corrected chi connectivity index (χ3v) is 5.16. The van der Waals surface area contributed by atoms with Gasteiger partial charge in [-0.05, 0) is 71.4 Å². The van der Waals surface area contributed by atoms with E-state index in [4.69, 9.17) is 0 Å². The van der Waals surface area contributed by atoms with Crippen LogP contribution in [0.25, 0.3) is 0 Å². The monoisotopic (exact) mass is 306 g/mol. The smallest absolute Gasteiger partial charge is 0.316 e. The van der Waals surface area contributed by atoms with Crippen molar-refractivity contribution in [1.82, 2.24) is 10.2 Å². The predicted molar refractivity (Wildman–Crippen MR) is 79.2 cm³/mol. The molecule has 2 aliphatic rings. The van der Waals surface area contributed by atoms with Crippen LogP contribution in [0.4, 0.5) is 13.2 Å². The van der Waals surface area contributed by atoms with E-state index in [1.165, 1.54) is 12.8 Å². The highest BCUT2D eigenvalue weighted by atomic mass is 19.4. The van der Waals surface area contributed by atoms with Crippen molar-refractivity contribution in [2.75, 3.05) is 19.6 Å². The van der Waals surface area contributed by atoms with E-state index >= 15 is 0 Å². The lowest BCUT2D eigenvalue weighted by molar-refractivity contribution is -0.184. The van der Waals surface area contributed by atoms with Crippen LogP contribution in [-0.4, -0.2) is 42.8 Å². The molecule has 0 aromatic rings. The van der Waals surface area contributed by atoms with E-state index < -0.39 is 12.1 Å². The van der Waals surface area contributed by atoms with Gasteiger partial charge in [0.1, 0.15) is 0 Å². The maximum atomic E-state index is 12.8. The molecule has 1 N–H and O–H groups in total. The molecule has 1 saturated carbocycles. The topological polar surface area (TPSA) is 15.3 Å². The van der Waals surface area contributed by atoms with Crippen LogP contribution < -0.4 is 5.32 Å². The molecule has 1 heterocycles. The van der Waals surface area contributed by atoms with E-state index in [0.717, 1.165) is 19.6 Å². The second kappa shape index (κ2) is 7.32. The fraction of sp³-hybridized carbons (Fsp3) is 1.00. The molecule has 124 valence electrons. The quantitative estimate of drug-likeness (QED) is 0.849. The van der Waals surface area contributed by atoms with Crippen LogP contribution >= 0.6 is 0 Å². The lowest BCUT2D eigenvalue weighted by atomic mass is 9.84. The fourth-order valence-corrected chi connectivity index (χ4v) is 3.89. The van der Waals surface area contributed by atoms with Crippen LogP contribution in [0.1, 0.15) is 52.4 Å². The lowest BCUT2D eigenvalue weighted by Crippen LogP contribution is -2.48. The van der Waals surface area contributed by atoms with Crippen molar-refractivity contribution in [3.8, 4) is 0 Å². The summed E-state index contributed by atoms with van der Waals surface area (Å²) in [5.41, 5.74) is 0. The zero-order valence-electron chi connectivity index (χ0n) is 13.3. The highest BCUT2D eigenvalue weighted by Crippen LogP contribution is 2.39. The van der Waals surface area contributed by atoms with Gasteiger partial charge in [0.15, 0.2) is 0 Å². The van der Waals surface area contributed by atoms with Gasteiger partial charge in [-0.2, -0.15) is 13.2 Å². The molecule has 1 saturated heterocycles. The zero-order valence-corrected chi connectivity index (χ0v) is 13.3. The number of nitrogens with zero attached hydrogens (tertiary/aromatic N) is 1. The van der Waals surface area contributed by atoms with Crippen LogP contribution in [0.5, 0.6) is 0 Å². The van der Waals surface area contributed by atoms with Crippen LogP contribution in [0.15, 0.2) is 0 Å². The first kappa shape index (κ1) is 17.1. The first-order valence-electron chi connectivity index (χ1n) is 8.41. The number of hydrogen-bond donors (Lipinski definition) is 1. The van der Waals surface area contributed by atoms with Crippen molar-refractivity contribution < 1.29 is 13.2 Å². The molecular weight excluding hydrogens is 277 g/mol. The minimum atomic E-state index is -4.00. The third kappa shape index (κ3) is 4.85. The second-order valence-corrected chi connectivity index (χ2v) is 7.05. The minimum absolute atomic E-state index is 0.306. The van der Waals surface area contributed by atoms with Crippen molar-refractivity contribution in [1.29, 1.82) is 0 Å².